The van der Waals surface area contributed by atoms with E-state index in [4.69, 9.17) is 25.8 Å². The monoisotopic (exact) mass is 312 g/mol. The molecule has 2 aromatic rings. The molecule has 0 aliphatic carbocycles. The molecule has 1 aromatic carbocycles. The average molecular weight is 313 g/mol. The first-order valence-corrected chi connectivity index (χ1v) is 7.52. The second-order valence-electron chi connectivity index (χ2n) is 4.26. The zero-order valence-corrected chi connectivity index (χ0v) is 13.3. The minimum absolute atomic E-state index is 0.140. The van der Waals surface area contributed by atoms with E-state index in [1.807, 2.05) is 17.5 Å². The number of alkyl halides is 1. The highest BCUT2D eigenvalue weighted by atomic mass is 35.5. The smallest absolute Gasteiger partial charge is 0.203 e. The van der Waals surface area contributed by atoms with Crippen LogP contribution in [0.2, 0.25) is 0 Å². The fraction of sp³-hybridized carbons (Fsp3) is 0.333. The molecule has 20 heavy (non-hydrogen) atoms. The van der Waals surface area contributed by atoms with Gasteiger partial charge in [0.15, 0.2) is 11.5 Å². The molecular formula is C15H17ClO3S. The molecular weight excluding hydrogens is 296 g/mol. The molecule has 3 nitrogen and oxygen atoms in total. The number of hydrogen-bond donors (Lipinski definition) is 0. The van der Waals surface area contributed by atoms with Gasteiger partial charge in [0.1, 0.15) is 0 Å². The fourth-order valence-corrected chi connectivity index (χ4v) is 3.00. The van der Waals surface area contributed by atoms with E-state index in [2.05, 4.69) is 11.4 Å². The lowest BCUT2D eigenvalue weighted by Gasteiger charge is -2.16. The van der Waals surface area contributed by atoms with Gasteiger partial charge in [-0.15, -0.1) is 11.6 Å². The van der Waals surface area contributed by atoms with Gasteiger partial charge in [0.2, 0.25) is 5.75 Å². The van der Waals surface area contributed by atoms with Gasteiger partial charge in [0.05, 0.1) is 26.7 Å². The number of benzene rings is 1. The minimum atomic E-state index is -0.140. The molecule has 0 aliphatic rings. The van der Waals surface area contributed by atoms with Crippen LogP contribution in [0.15, 0.2) is 29.0 Å². The molecule has 0 fully saturated rings. The normalized spacial score (nSPS) is 12.0. The van der Waals surface area contributed by atoms with E-state index in [0.717, 1.165) is 12.0 Å². The van der Waals surface area contributed by atoms with E-state index >= 15 is 0 Å². The number of hydrogen-bond acceptors (Lipinski definition) is 4. The highest BCUT2D eigenvalue weighted by molar-refractivity contribution is 7.07. The van der Waals surface area contributed by atoms with Crippen LogP contribution in [0.4, 0.5) is 0 Å². The summed E-state index contributed by atoms with van der Waals surface area (Å²) in [6.07, 6.45) is 0.768. The highest BCUT2D eigenvalue weighted by Gasteiger charge is 2.17. The van der Waals surface area contributed by atoms with Crippen LogP contribution >= 0.6 is 22.9 Å². The van der Waals surface area contributed by atoms with Gasteiger partial charge in [-0.3, -0.25) is 0 Å². The van der Waals surface area contributed by atoms with E-state index in [9.17, 15) is 0 Å². The first-order chi connectivity index (χ1) is 9.69. The first kappa shape index (κ1) is 15.0. The molecule has 5 heteroatoms. The standard InChI is InChI=1S/C15H17ClO3S/c1-17-13-7-11(8-14(18-2)15(13)19-3)12(16)6-10-4-5-20-9-10/h4-5,7-9,12H,6H2,1-3H3. The van der Waals surface area contributed by atoms with Crippen molar-refractivity contribution < 1.29 is 14.2 Å². The van der Waals surface area contributed by atoms with Crippen molar-refractivity contribution in [3.8, 4) is 17.2 Å². The van der Waals surface area contributed by atoms with Crippen molar-refractivity contribution in [1.82, 2.24) is 0 Å². The van der Waals surface area contributed by atoms with Gasteiger partial charge in [-0.2, -0.15) is 11.3 Å². The lowest BCUT2D eigenvalue weighted by Crippen LogP contribution is -2.00. The summed E-state index contributed by atoms with van der Waals surface area (Å²) in [6.45, 7) is 0. The molecule has 2 rings (SSSR count). The van der Waals surface area contributed by atoms with Gasteiger partial charge >= 0.3 is 0 Å². The Kier molecular flexibility index (Phi) is 5.15. The van der Waals surface area contributed by atoms with E-state index in [-0.39, 0.29) is 5.38 Å². The topological polar surface area (TPSA) is 27.7 Å². The van der Waals surface area contributed by atoms with Crippen LogP contribution in [-0.4, -0.2) is 21.3 Å². The fourth-order valence-electron chi connectivity index (χ4n) is 2.02. The number of thiophene rings is 1. The van der Waals surface area contributed by atoms with Crippen molar-refractivity contribution >= 4 is 22.9 Å². The molecule has 1 unspecified atom stereocenters. The van der Waals surface area contributed by atoms with Crippen LogP contribution < -0.4 is 14.2 Å². The van der Waals surface area contributed by atoms with Gasteiger partial charge in [-0.05, 0) is 46.5 Å². The zero-order chi connectivity index (χ0) is 14.5. The van der Waals surface area contributed by atoms with Gasteiger partial charge in [-0.1, -0.05) is 0 Å². The Morgan fingerprint density at radius 3 is 2.20 bits per heavy atom. The van der Waals surface area contributed by atoms with Gasteiger partial charge in [0, 0.05) is 0 Å². The van der Waals surface area contributed by atoms with E-state index in [0.29, 0.717) is 17.2 Å². The summed E-state index contributed by atoms with van der Waals surface area (Å²) in [6, 6.07) is 5.87. The summed E-state index contributed by atoms with van der Waals surface area (Å²) in [5.74, 6) is 1.83. The molecule has 108 valence electrons. The summed E-state index contributed by atoms with van der Waals surface area (Å²) >= 11 is 8.17. The molecule has 0 amide bonds. The largest absolute Gasteiger partial charge is 0.493 e. The van der Waals surface area contributed by atoms with Crippen molar-refractivity contribution in [3.05, 3.63) is 40.1 Å². The number of methoxy groups -OCH3 is 3. The Labute approximate surface area is 128 Å². The number of rotatable bonds is 6. The maximum absolute atomic E-state index is 6.50. The summed E-state index contributed by atoms with van der Waals surface area (Å²) < 4.78 is 16.0. The third-order valence-electron chi connectivity index (χ3n) is 3.04. The summed E-state index contributed by atoms with van der Waals surface area (Å²) in [5.41, 5.74) is 2.18. The first-order valence-electron chi connectivity index (χ1n) is 6.14. The number of halogens is 1. The molecule has 0 radical (unpaired) electrons. The Morgan fingerprint density at radius 1 is 1.10 bits per heavy atom. The Hall–Kier alpha value is -1.39. The summed E-state index contributed by atoms with van der Waals surface area (Å²) in [5, 5.41) is 4.01. The van der Waals surface area contributed by atoms with Gasteiger partial charge < -0.3 is 14.2 Å². The molecule has 0 spiro atoms. The maximum atomic E-state index is 6.50. The molecule has 0 saturated heterocycles. The zero-order valence-electron chi connectivity index (χ0n) is 11.7. The predicted octanol–water partition coefficient (Wildman–Crippen LogP) is 4.30. The second-order valence-corrected chi connectivity index (χ2v) is 5.57. The lowest BCUT2D eigenvalue weighted by molar-refractivity contribution is 0.323. The molecule has 0 saturated carbocycles. The molecule has 0 N–H and O–H groups in total. The maximum Gasteiger partial charge on any atom is 0.203 e. The lowest BCUT2D eigenvalue weighted by atomic mass is 10.0. The van der Waals surface area contributed by atoms with Gasteiger partial charge in [-0.25, -0.2) is 0 Å². The third-order valence-corrected chi connectivity index (χ3v) is 4.18. The Bertz CT molecular complexity index is 529. The molecule has 1 aromatic heterocycles. The minimum Gasteiger partial charge on any atom is -0.493 e. The second kappa shape index (κ2) is 6.86. The van der Waals surface area contributed by atoms with Crippen molar-refractivity contribution in [2.24, 2.45) is 0 Å². The van der Waals surface area contributed by atoms with Crippen LogP contribution in [0.25, 0.3) is 0 Å². The SMILES string of the molecule is COc1cc(C(Cl)Cc2ccsc2)cc(OC)c1OC. The van der Waals surface area contributed by atoms with Crippen LogP contribution in [0, 0.1) is 0 Å². The average Bonchev–Trinajstić information content (AvgIpc) is 2.98. The molecule has 0 bridgehead atoms. The summed E-state index contributed by atoms with van der Waals surface area (Å²) in [7, 11) is 4.79. The Morgan fingerprint density at radius 2 is 1.75 bits per heavy atom. The van der Waals surface area contributed by atoms with Crippen LogP contribution in [0.3, 0.4) is 0 Å². The molecule has 0 aliphatic heterocycles. The number of ether oxygens (including phenoxy) is 3. The highest BCUT2D eigenvalue weighted by Crippen LogP contribution is 2.41. The van der Waals surface area contributed by atoms with Crippen molar-refractivity contribution in [1.29, 1.82) is 0 Å². The quantitative estimate of drug-likeness (QED) is 0.744. The Balaban J connectivity index is 2.31. The van der Waals surface area contributed by atoms with Crippen molar-refractivity contribution in [2.45, 2.75) is 11.8 Å². The summed E-state index contributed by atoms with van der Waals surface area (Å²) in [4.78, 5) is 0. The third kappa shape index (κ3) is 3.19. The van der Waals surface area contributed by atoms with Crippen LogP contribution in [-0.2, 0) is 6.42 Å². The van der Waals surface area contributed by atoms with E-state index < -0.39 is 0 Å². The molecule has 1 atom stereocenters. The van der Waals surface area contributed by atoms with E-state index in [1.165, 1.54) is 5.56 Å². The van der Waals surface area contributed by atoms with E-state index in [1.54, 1.807) is 32.7 Å². The van der Waals surface area contributed by atoms with Crippen molar-refractivity contribution in [3.63, 3.8) is 0 Å². The predicted molar refractivity (Wildman–Crippen MR) is 82.7 cm³/mol. The molecule has 1 heterocycles. The van der Waals surface area contributed by atoms with Crippen LogP contribution in [0.1, 0.15) is 16.5 Å². The van der Waals surface area contributed by atoms with Gasteiger partial charge in [0.25, 0.3) is 0 Å². The van der Waals surface area contributed by atoms with Crippen LogP contribution in [0.5, 0.6) is 17.2 Å². The van der Waals surface area contributed by atoms with Crippen molar-refractivity contribution in [2.75, 3.05) is 21.3 Å².